The van der Waals surface area contributed by atoms with Crippen molar-refractivity contribution in [1.82, 2.24) is 0 Å². The van der Waals surface area contributed by atoms with Gasteiger partial charge in [-0.1, -0.05) is 11.6 Å². The Hall–Kier alpha value is -2.47. The number of hydrogen-bond donors (Lipinski definition) is 0. The highest BCUT2D eigenvalue weighted by Gasteiger charge is 2.20. The molecule has 0 aliphatic rings. The average molecular weight is 323 g/mol. The van der Waals surface area contributed by atoms with Crippen molar-refractivity contribution in [3.8, 4) is 0 Å². The van der Waals surface area contributed by atoms with Gasteiger partial charge in [-0.25, -0.2) is 4.39 Å². The molecular formula is C15H12ClFN2O3. The number of halogens is 2. The second kappa shape index (κ2) is 6.53. The van der Waals surface area contributed by atoms with E-state index < -0.39 is 16.6 Å². The lowest BCUT2D eigenvalue weighted by Gasteiger charge is -2.21. The molecule has 2 aromatic rings. The first-order valence-corrected chi connectivity index (χ1v) is 6.83. The van der Waals surface area contributed by atoms with Gasteiger partial charge in [0.05, 0.1) is 4.92 Å². The predicted octanol–water partition coefficient (Wildman–Crippen LogP) is 4.05. The van der Waals surface area contributed by atoms with Gasteiger partial charge in [0.2, 0.25) is 0 Å². The fraction of sp³-hybridized carbons (Fsp3) is 0.133. The van der Waals surface area contributed by atoms with E-state index in [1.54, 1.807) is 6.92 Å². The first-order chi connectivity index (χ1) is 10.4. The van der Waals surface area contributed by atoms with E-state index in [4.69, 9.17) is 11.6 Å². The van der Waals surface area contributed by atoms with Gasteiger partial charge in [-0.3, -0.25) is 14.9 Å². The summed E-state index contributed by atoms with van der Waals surface area (Å²) in [7, 11) is 0. The Labute approximate surface area is 131 Å². The number of carbonyl (C=O) groups is 1. The maximum absolute atomic E-state index is 13.0. The molecule has 0 spiro atoms. The molecule has 0 saturated heterocycles. The van der Waals surface area contributed by atoms with Crippen molar-refractivity contribution in [2.75, 3.05) is 11.4 Å². The van der Waals surface area contributed by atoms with Gasteiger partial charge >= 0.3 is 0 Å². The van der Waals surface area contributed by atoms with Crippen molar-refractivity contribution in [3.05, 3.63) is 69.0 Å². The maximum atomic E-state index is 13.0. The van der Waals surface area contributed by atoms with E-state index in [0.717, 1.165) is 6.07 Å². The SMILES string of the molecule is CCN(C(=O)c1ccc(Cl)c([N+](=O)[O-])c1)c1ccc(F)cc1. The monoisotopic (exact) mass is 322 g/mol. The molecule has 0 saturated carbocycles. The van der Waals surface area contributed by atoms with Crippen LogP contribution in [0.25, 0.3) is 0 Å². The highest BCUT2D eigenvalue weighted by atomic mass is 35.5. The molecule has 0 N–H and O–H groups in total. The quantitative estimate of drug-likeness (QED) is 0.630. The van der Waals surface area contributed by atoms with E-state index in [1.807, 2.05) is 0 Å². The van der Waals surface area contributed by atoms with Crippen LogP contribution in [0.2, 0.25) is 5.02 Å². The van der Waals surface area contributed by atoms with E-state index in [2.05, 4.69) is 0 Å². The van der Waals surface area contributed by atoms with Gasteiger partial charge in [-0.05, 0) is 43.3 Å². The van der Waals surface area contributed by atoms with Crippen LogP contribution < -0.4 is 4.90 Å². The summed E-state index contributed by atoms with van der Waals surface area (Å²) in [6, 6.07) is 9.30. The first-order valence-electron chi connectivity index (χ1n) is 6.45. The van der Waals surface area contributed by atoms with E-state index in [1.165, 1.54) is 41.3 Å². The van der Waals surface area contributed by atoms with Crippen LogP contribution in [0.3, 0.4) is 0 Å². The molecule has 0 atom stereocenters. The molecule has 0 unspecified atom stereocenters. The minimum Gasteiger partial charge on any atom is -0.309 e. The molecule has 7 heteroatoms. The van der Waals surface area contributed by atoms with Crippen LogP contribution in [-0.2, 0) is 0 Å². The van der Waals surface area contributed by atoms with Crippen molar-refractivity contribution in [3.63, 3.8) is 0 Å². The number of hydrogen-bond acceptors (Lipinski definition) is 3. The molecule has 0 aromatic heterocycles. The molecule has 0 fully saturated rings. The van der Waals surface area contributed by atoms with Crippen molar-refractivity contribution < 1.29 is 14.1 Å². The van der Waals surface area contributed by atoms with Crippen molar-refractivity contribution in [2.24, 2.45) is 0 Å². The number of carbonyl (C=O) groups excluding carboxylic acids is 1. The normalized spacial score (nSPS) is 10.3. The number of rotatable bonds is 4. The summed E-state index contributed by atoms with van der Waals surface area (Å²) in [4.78, 5) is 24.2. The minimum absolute atomic E-state index is 0.0358. The lowest BCUT2D eigenvalue weighted by atomic mass is 10.1. The van der Waals surface area contributed by atoms with Crippen LogP contribution >= 0.6 is 11.6 Å². The van der Waals surface area contributed by atoms with E-state index in [-0.39, 0.29) is 16.3 Å². The van der Waals surface area contributed by atoms with E-state index in [9.17, 15) is 19.3 Å². The van der Waals surface area contributed by atoms with Gasteiger partial charge in [0.25, 0.3) is 11.6 Å². The Balaban J connectivity index is 2.38. The Bertz CT molecular complexity index is 719. The van der Waals surface area contributed by atoms with E-state index in [0.29, 0.717) is 12.2 Å². The van der Waals surface area contributed by atoms with Gasteiger partial charge in [-0.2, -0.15) is 0 Å². The van der Waals surface area contributed by atoms with Crippen LogP contribution in [0, 0.1) is 15.9 Å². The largest absolute Gasteiger partial charge is 0.309 e. The van der Waals surface area contributed by atoms with Crippen LogP contribution in [-0.4, -0.2) is 17.4 Å². The van der Waals surface area contributed by atoms with Gasteiger partial charge < -0.3 is 4.90 Å². The number of anilines is 1. The third kappa shape index (κ3) is 3.23. The molecule has 0 radical (unpaired) electrons. The minimum atomic E-state index is -0.646. The summed E-state index contributed by atoms with van der Waals surface area (Å²) in [5.74, 6) is -0.830. The smallest absolute Gasteiger partial charge is 0.288 e. The maximum Gasteiger partial charge on any atom is 0.288 e. The second-order valence-corrected chi connectivity index (χ2v) is 4.86. The molecule has 0 aliphatic heterocycles. The molecule has 22 heavy (non-hydrogen) atoms. The van der Waals surface area contributed by atoms with Crippen molar-refractivity contribution in [2.45, 2.75) is 6.92 Å². The predicted molar refractivity (Wildman–Crippen MR) is 81.9 cm³/mol. The Morgan fingerprint density at radius 3 is 2.45 bits per heavy atom. The summed E-state index contributed by atoms with van der Waals surface area (Å²) in [6.45, 7) is 2.09. The number of nitro groups is 1. The molecule has 5 nitrogen and oxygen atoms in total. The Morgan fingerprint density at radius 2 is 1.91 bits per heavy atom. The Morgan fingerprint density at radius 1 is 1.27 bits per heavy atom. The van der Waals surface area contributed by atoms with Crippen LogP contribution in [0.4, 0.5) is 15.8 Å². The average Bonchev–Trinajstić information content (AvgIpc) is 2.50. The van der Waals surface area contributed by atoms with Crippen LogP contribution in [0.15, 0.2) is 42.5 Å². The highest BCUT2D eigenvalue weighted by molar-refractivity contribution is 6.32. The zero-order valence-corrected chi connectivity index (χ0v) is 12.4. The fourth-order valence-electron chi connectivity index (χ4n) is 2.01. The number of nitrogens with zero attached hydrogens (tertiary/aromatic N) is 2. The standard InChI is InChI=1S/C15H12ClFN2O3/c1-2-18(12-6-4-11(17)5-7-12)15(20)10-3-8-13(16)14(9-10)19(21)22/h3-9H,2H2,1H3. The number of amides is 1. The Kier molecular flexibility index (Phi) is 4.72. The summed E-state index contributed by atoms with van der Waals surface area (Å²) in [5.41, 5.74) is 0.316. The van der Waals surface area contributed by atoms with Crippen molar-refractivity contribution >= 4 is 28.9 Å². The number of nitro benzene ring substituents is 1. The third-order valence-corrected chi connectivity index (χ3v) is 3.41. The van der Waals surface area contributed by atoms with Gasteiger partial charge in [0, 0.05) is 23.9 Å². The summed E-state index contributed by atoms with van der Waals surface area (Å²) >= 11 is 5.74. The van der Waals surface area contributed by atoms with Gasteiger partial charge in [0.1, 0.15) is 10.8 Å². The topological polar surface area (TPSA) is 63.5 Å². The zero-order valence-electron chi connectivity index (χ0n) is 11.6. The van der Waals surface area contributed by atoms with Crippen LogP contribution in [0.5, 0.6) is 0 Å². The molecule has 2 aromatic carbocycles. The lowest BCUT2D eigenvalue weighted by Crippen LogP contribution is -2.30. The molecule has 1 amide bonds. The molecule has 0 bridgehead atoms. The van der Waals surface area contributed by atoms with Gasteiger partial charge in [0.15, 0.2) is 0 Å². The molecule has 114 valence electrons. The summed E-state index contributed by atoms with van der Waals surface area (Å²) in [5, 5.41) is 10.9. The summed E-state index contributed by atoms with van der Waals surface area (Å²) in [6.07, 6.45) is 0. The molecule has 0 heterocycles. The highest BCUT2D eigenvalue weighted by Crippen LogP contribution is 2.26. The van der Waals surface area contributed by atoms with E-state index >= 15 is 0 Å². The third-order valence-electron chi connectivity index (χ3n) is 3.09. The molecule has 0 aliphatic carbocycles. The molecule has 2 rings (SSSR count). The van der Waals surface area contributed by atoms with Gasteiger partial charge in [-0.15, -0.1) is 0 Å². The fourth-order valence-corrected chi connectivity index (χ4v) is 2.19. The molecular weight excluding hydrogens is 311 g/mol. The number of benzene rings is 2. The first kappa shape index (κ1) is 15.9. The van der Waals surface area contributed by atoms with Crippen LogP contribution in [0.1, 0.15) is 17.3 Å². The lowest BCUT2D eigenvalue weighted by molar-refractivity contribution is -0.384. The second-order valence-electron chi connectivity index (χ2n) is 4.45. The zero-order chi connectivity index (χ0) is 16.3. The summed E-state index contributed by atoms with van der Waals surface area (Å²) < 4.78 is 13.0. The van der Waals surface area contributed by atoms with Crippen molar-refractivity contribution in [1.29, 1.82) is 0 Å².